The molecule has 6 nitrogen and oxygen atoms in total. The number of thiophene rings is 1. The smallest absolute Gasteiger partial charge is 0.253 e. The summed E-state index contributed by atoms with van der Waals surface area (Å²) in [6, 6.07) is 18.4. The summed E-state index contributed by atoms with van der Waals surface area (Å²) in [6.45, 7) is 6.89. The van der Waals surface area contributed by atoms with E-state index in [0.717, 1.165) is 44.9 Å². The maximum absolute atomic E-state index is 5.30. The van der Waals surface area contributed by atoms with Gasteiger partial charge < -0.3 is 4.74 Å². The molecule has 0 N–H and O–H groups in total. The molecule has 2 aromatic heterocycles. The second-order valence-electron chi connectivity index (χ2n) is 7.57. The Morgan fingerprint density at radius 2 is 1.68 bits per heavy atom. The summed E-state index contributed by atoms with van der Waals surface area (Å²) < 4.78 is 7.43. The van der Waals surface area contributed by atoms with Gasteiger partial charge in [-0.2, -0.15) is 5.10 Å². The first-order chi connectivity index (χ1) is 15.1. The van der Waals surface area contributed by atoms with Crippen LogP contribution in [0.3, 0.4) is 0 Å². The molecule has 0 unspecified atom stereocenters. The van der Waals surface area contributed by atoms with Gasteiger partial charge in [-0.05, 0) is 44.0 Å². The fraction of sp³-hybridized carbons (Fsp3) is 0.208. The minimum absolute atomic E-state index is 0.575. The fourth-order valence-electron chi connectivity index (χ4n) is 3.82. The second-order valence-corrected chi connectivity index (χ2v) is 8.77. The first-order valence-corrected chi connectivity index (χ1v) is 11.0. The second kappa shape index (κ2) is 7.67. The van der Waals surface area contributed by atoms with E-state index in [2.05, 4.69) is 65.0 Å². The summed E-state index contributed by atoms with van der Waals surface area (Å²) >= 11 is 1.76. The predicted molar refractivity (Wildman–Crippen MR) is 125 cm³/mol. The quantitative estimate of drug-likeness (QED) is 0.456. The number of anilines is 1. The Morgan fingerprint density at radius 1 is 0.935 bits per heavy atom. The number of fused-ring (bicyclic) bond motifs is 3. The number of methoxy groups -OCH3 is 1. The first kappa shape index (κ1) is 19.5. The number of rotatable bonds is 4. The molecule has 5 rings (SSSR count). The van der Waals surface area contributed by atoms with Gasteiger partial charge >= 0.3 is 0 Å². The van der Waals surface area contributed by atoms with Crippen molar-refractivity contribution in [3.05, 3.63) is 87.6 Å². The van der Waals surface area contributed by atoms with Crippen molar-refractivity contribution in [2.24, 2.45) is 5.10 Å². The van der Waals surface area contributed by atoms with Gasteiger partial charge in [0.1, 0.15) is 22.3 Å². The van der Waals surface area contributed by atoms with Crippen molar-refractivity contribution in [3.8, 4) is 10.8 Å². The molecule has 0 fully saturated rings. The lowest BCUT2D eigenvalue weighted by molar-refractivity contribution is 0.414. The Labute approximate surface area is 185 Å². The van der Waals surface area contributed by atoms with E-state index in [1.807, 2.05) is 30.1 Å². The highest BCUT2D eigenvalue weighted by Gasteiger charge is 2.30. The molecule has 1 aliphatic rings. The van der Waals surface area contributed by atoms with Gasteiger partial charge in [-0.25, -0.2) is 5.01 Å². The zero-order valence-electron chi connectivity index (χ0n) is 18.0. The summed E-state index contributed by atoms with van der Waals surface area (Å²) in [5, 5.41) is 17.1. The van der Waals surface area contributed by atoms with Crippen molar-refractivity contribution in [2.75, 3.05) is 12.1 Å². The number of benzene rings is 2. The highest BCUT2D eigenvalue weighted by Crippen LogP contribution is 2.38. The lowest BCUT2D eigenvalue weighted by atomic mass is 10.00. The van der Waals surface area contributed by atoms with Crippen molar-refractivity contribution in [2.45, 2.75) is 27.3 Å². The maximum Gasteiger partial charge on any atom is 0.253 e. The molecule has 0 spiro atoms. The Morgan fingerprint density at radius 3 is 2.39 bits per heavy atom. The third kappa shape index (κ3) is 3.31. The monoisotopic (exact) mass is 429 g/mol. The normalized spacial score (nSPS) is 12.8. The van der Waals surface area contributed by atoms with Crippen LogP contribution in [-0.2, 0) is 6.54 Å². The van der Waals surface area contributed by atoms with Crippen molar-refractivity contribution in [3.63, 3.8) is 0 Å². The summed E-state index contributed by atoms with van der Waals surface area (Å²) in [6.07, 6.45) is 0. The van der Waals surface area contributed by atoms with Gasteiger partial charge in [0.15, 0.2) is 0 Å². The summed E-state index contributed by atoms with van der Waals surface area (Å²) in [5.74, 6) is 2.41. The van der Waals surface area contributed by atoms with Crippen molar-refractivity contribution in [1.29, 1.82) is 0 Å². The molecular weight excluding hydrogens is 406 g/mol. The van der Waals surface area contributed by atoms with Gasteiger partial charge in [0.05, 0.1) is 13.7 Å². The number of nitrogens with zero attached hydrogens (tertiary/aromatic N) is 5. The molecule has 1 aliphatic heterocycles. The Balaban J connectivity index is 1.71. The first-order valence-electron chi connectivity index (χ1n) is 10.1. The van der Waals surface area contributed by atoms with Crippen LogP contribution in [0.2, 0.25) is 0 Å². The molecular formula is C24H23N5OS. The van der Waals surface area contributed by atoms with Crippen molar-refractivity contribution < 1.29 is 4.74 Å². The van der Waals surface area contributed by atoms with Crippen molar-refractivity contribution >= 4 is 23.0 Å². The number of hydrogen-bond acceptors (Lipinski definition) is 6. The fourth-order valence-corrected chi connectivity index (χ4v) is 5.03. The van der Waals surface area contributed by atoms with Gasteiger partial charge in [-0.1, -0.05) is 42.5 Å². The van der Waals surface area contributed by atoms with E-state index >= 15 is 0 Å². The van der Waals surface area contributed by atoms with Crippen LogP contribution in [0.25, 0.3) is 5.00 Å². The third-order valence-electron chi connectivity index (χ3n) is 5.60. The summed E-state index contributed by atoms with van der Waals surface area (Å²) in [7, 11) is 1.67. The molecule has 3 heterocycles. The van der Waals surface area contributed by atoms with Gasteiger partial charge in [-0.3, -0.25) is 4.57 Å². The average Bonchev–Trinajstić information content (AvgIpc) is 3.27. The topological polar surface area (TPSA) is 55.5 Å². The lowest BCUT2D eigenvalue weighted by Crippen LogP contribution is -2.20. The molecule has 0 radical (unpaired) electrons. The summed E-state index contributed by atoms with van der Waals surface area (Å²) in [4.78, 5) is 1.27. The largest absolute Gasteiger partial charge is 0.497 e. The number of aromatic nitrogens is 3. The Hall–Kier alpha value is -3.45. The van der Waals surface area contributed by atoms with E-state index < -0.39 is 0 Å². The van der Waals surface area contributed by atoms with E-state index in [-0.39, 0.29) is 0 Å². The SMILES string of the molecule is COc1ccc(CN2N=C(c3ccccc3)c3c(sc(C)c3C)-n3c(C)nnc32)cc1. The van der Waals surface area contributed by atoms with Crippen molar-refractivity contribution in [1.82, 2.24) is 14.8 Å². The average molecular weight is 430 g/mol. The molecule has 0 saturated heterocycles. The van der Waals surface area contributed by atoms with E-state index in [0.29, 0.717) is 6.54 Å². The zero-order chi connectivity index (χ0) is 21.5. The van der Waals surface area contributed by atoms with E-state index in [4.69, 9.17) is 9.84 Å². The molecule has 7 heteroatoms. The lowest BCUT2D eigenvalue weighted by Gasteiger charge is -2.18. The van der Waals surface area contributed by atoms with Crippen LogP contribution in [0.15, 0.2) is 59.7 Å². The zero-order valence-corrected chi connectivity index (χ0v) is 18.8. The Bertz CT molecular complexity index is 1270. The standard InChI is InChI=1S/C24H23N5OS/c1-15-16(2)31-23-21(15)22(19-8-6-5-7-9-19)27-28(24-26-25-17(3)29(23)24)14-18-10-12-20(30-4)13-11-18/h5-13H,14H2,1-4H3. The highest BCUT2D eigenvalue weighted by atomic mass is 32.1. The van der Waals surface area contributed by atoms with Crippen LogP contribution < -0.4 is 9.75 Å². The van der Waals surface area contributed by atoms with Crippen LogP contribution >= 0.6 is 11.3 Å². The van der Waals surface area contributed by atoms with Gasteiger partial charge in [0.25, 0.3) is 5.95 Å². The van der Waals surface area contributed by atoms with E-state index in [1.54, 1.807) is 18.4 Å². The maximum atomic E-state index is 5.30. The van der Waals surface area contributed by atoms with E-state index in [1.165, 1.54) is 10.4 Å². The van der Waals surface area contributed by atoms with Crippen LogP contribution in [0.1, 0.15) is 33.0 Å². The number of aryl methyl sites for hydroxylation is 2. The molecule has 4 aromatic rings. The molecule has 0 atom stereocenters. The molecule has 0 aliphatic carbocycles. The Kier molecular flexibility index (Phi) is 4.82. The van der Waals surface area contributed by atoms with Gasteiger partial charge in [-0.15, -0.1) is 21.5 Å². The van der Waals surface area contributed by atoms with Crippen LogP contribution in [-0.4, -0.2) is 27.6 Å². The summed E-state index contributed by atoms with van der Waals surface area (Å²) in [5.41, 5.74) is 5.54. The number of hydrazone groups is 1. The minimum Gasteiger partial charge on any atom is -0.497 e. The van der Waals surface area contributed by atoms with Crippen LogP contribution in [0, 0.1) is 20.8 Å². The third-order valence-corrected chi connectivity index (χ3v) is 6.80. The molecule has 0 bridgehead atoms. The molecule has 0 saturated carbocycles. The van der Waals surface area contributed by atoms with E-state index in [9.17, 15) is 0 Å². The molecule has 31 heavy (non-hydrogen) atoms. The van der Waals surface area contributed by atoms with Crippen LogP contribution in [0.5, 0.6) is 5.75 Å². The highest BCUT2D eigenvalue weighted by molar-refractivity contribution is 7.15. The van der Waals surface area contributed by atoms with Crippen LogP contribution in [0.4, 0.5) is 5.95 Å². The van der Waals surface area contributed by atoms with Gasteiger partial charge in [0, 0.05) is 16.0 Å². The minimum atomic E-state index is 0.575. The van der Waals surface area contributed by atoms with Gasteiger partial charge in [0.2, 0.25) is 0 Å². The molecule has 2 aromatic carbocycles. The molecule has 156 valence electrons. The predicted octanol–water partition coefficient (Wildman–Crippen LogP) is 5.04. The molecule has 0 amide bonds. The number of ether oxygens (including phenoxy) is 1. The number of hydrogen-bond donors (Lipinski definition) is 0.